The first-order valence-corrected chi connectivity index (χ1v) is 8.01. The number of sulfonamides is 1. The zero-order valence-electron chi connectivity index (χ0n) is 12.3. The van der Waals surface area contributed by atoms with Crippen LogP contribution >= 0.6 is 0 Å². The van der Waals surface area contributed by atoms with Crippen LogP contribution < -0.4 is 5.73 Å². The molecule has 0 bridgehead atoms. The fourth-order valence-electron chi connectivity index (χ4n) is 2.15. The standard InChI is InChI=1S/C15H19N3O2S/c1-11-8-14(16)10-15(9-11)21(19,20)18(3)12(2)13-4-6-17-7-5-13/h4-10,12H,16H2,1-3H3. The van der Waals surface area contributed by atoms with Gasteiger partial charge in [0.15, 0.2) is 0 Å². The number of aromatic nitrogens is 1. The lowest BCUT2D eigenvalue weighted by atomic mass is 10.1. The normalized spacial score (nSPS) is 13.3. The van der Waals surface area contributed by atoms with Gasteiger partial charge in [-0.1, -0.05) is 0 Å². The lowest BCUT2D eigenvalue weighted by Crippen LogP contribution is -2.30. The van der Waals surface area contributed by atoms with Crippen LogP contribution in [0.1, 0.15) is 24.1 Å². The molecule has 6 heteroatoms. The number of nitrogen functional groups attached to an aromatic ring is 1. The number of hydrogen-bond acceptors (Lipinski definition) is 4. The van der Waals surface area contributed by atoms with Crippen molar-refractivity contribution < 1.29 is 8.42 Å². The van der Waals surface area contributed by atoms with Crippen LogP contribution in [-0.4, -0.2) is 24.8 Å². The van der Waals surface area contributed by atoms with Gasteiger partial charge in [-0.05, 0) is 55.3 Å². The Morgan fingerprint density at radius 2 is 1.81 bits per heavy atom. The van der Waals surface area contributed by atoms with E-state index in [2.05, 4.69) is 4.98 Å². The van der Waals surface area contributed by atoms with E-state index in [1.807, 2.05) is 13.8 Å². The quantitative estimate of drug-likeness (QED) is 0.880. The number of nitrogens with two attached hydrogens (primary N) is 1. The van der Waals surface area contributed by atoms with Crippen molar-refractivity contribution >= 4 is 15.7 Å². The Morgan fingerprint density at radius 1 is 1.19 bits per heavy atom. The van der Waals surface area contributed by atoms with Gasteiger partial charge in [0, 0.05) is 31.2 Å². The van der Waals surface area contributed by atoms with Gasteiger partial charge < -0.3 is 5.73 Å². The topological polar surface area (TPSA) is 76.3 Å². The summed E-state index contributed by atoms with van der Waals surface area (Å²) < 4.78 is 26.8. The van der Waals surface area contributed by atoms with Crippen LogP contribution in [0.4, 0.5) is 5.69 Å². The summed E-state index contributed by atoms with van der Waals surface area (Å²) in [7, 11) is -2.03. The summed E-state index contributed by atoms with van der Waals surface area (Å²) in [5.41, 5.74) is 7.90. The fourth-order valence-corrected chi connectivity index (χ4v) is 3.64. The van der Waals surface area contributed by atoms with Crippen molar-refractivity contribution in [2.75, 3.05) is 12.8 Å². The summed E-state index contributed by atoms with van der Waals surface area (Å²) in [6, 6.07) is 8.17. The highest BCUT2D eigenvalue weighted by atomic mass is 32.2. The summed E-state index contributed by atoms with van der Waals surface area (Å²) in [4.78, 5) is 4.16. The van der Waals surface area contributed by atoms with Crippen LogP contribution in [0, 0.1) is 6.92 Å². The third-order valence-corrected chi connectivity index (χ3v) is 5.39. The zero-order chi connectivity index (χ0) is 15.6. The fraction of sp³-hybridized carbons (Fsp3) is 0.267. The first-order chi connectivity index (χ1) is 9.82. The highest BCUT2D eigenvalue weighted by Gasteiger charge is 2.26. The molecule has 0 aliphatic heterocycles. The minimum atomic E-state index is -3.60. The molecule has 0 fully saturated rings. The molecule has 0 saturated heterocycles. The molecular weight excluding hydrogens is 286 g/mol. The Morgan fingerprint density at radius 3 is 2.38 bits per heavy atom. The maximum atomic E-state index is 12.7. The smallest absolute Gasteiger partial charge is 0.243 e. The van der Waals surface area contributed by atoms with Gasteiger partial charge in [-0.2, -0.15) is 4.31 Å². The molecule has 1 aromatic carbocycles. The maximum Gasteiger partial charge on any atom is 0.243 e. The molecule has 5 nitrogen and oxygen atoms in total. The molecule has 1 unspecified atom stereocenters. The molecule has 2 N–H and O–H groups in total. The van der Waals surface area contributed by atoms with Crippen molar-refractivity contribution in [3.8, 4) is 0 Å². The van der Waals surface area contributed by atoms with Gasteiger partial charge in [0.25, 0.3) is 0 Å². The third kappa shape index (κ3) is 3.22. The minimum absolute atomic E-state index is 0.211. The van der Waals surface area contributed by atoms with Crippen LogP contribution in [0.15, 0.2) is 47.6 Å². The van der Waals surface area contributed by atoms with E-state index in [0.717, 1.165) is 11.1 Å². The summed E-state index contributed by atoms with van der Waals surface area (Å²) in [5.74, 6) is 0. The Balaban J connectivity index is 2.39. The molecule has 21 heavy (non-hydrogen) atoms. The third-order valence-electron chi connectivity index (χ3n) is 3.48. The van der Waals surface area contributed by atoms with Crippen molar-refractivity contribution in [1.82, 2.24) is 9.29 Å². The molecule has 1 heterocycles. The van der Waals surface area contributed by atoms with Gasteiger partial charge >= 0.3 is 0 Å². The van der Waals surface area contributed by atoms with E-state index in [1.54, 1.807) is 43.7 Å². The van der Waals surface area contributed by atoms with E-state index >= 15 is 0 Å². The van der Waals surface area contributed by atoms with Crippen molar-refractivity contribution in [1.29, 1.82) is 0 Å². The second-order valence-corrected chi connectivity index (χ2v) is 7.05. The molecule has 0 saturated carbocycles. The second kappa shape index (κ2) is 5.83. The molecule has 0 radical (unpaired) electrons. The van der Waals surface area contributed by atoms with Gasteiger partial charge in [-0.3, -0.25) is 4.98 Å². The summed E-state index contributed by atoms with van der Waals surface area (Å²) in [5, 5.41) is 0. The van der Waals surface area contributed by atoms with Crippen molar-refractivity contribution in [2.45, 2.75) is 24.8 Å². The van der Waals surface area contributed by atoms with Crippen molar-refractivity contribution in [3.63, 3.8) is 0 Å². The van der Waals surface area contributed by atoms with Crippen molar-refractivity contribution in [3.05, 3.63) is 53.9 Å². The summed E-state index contributed by atoms with van der Waals surface area (Å²) in [6.45, 7) is 3.66. The number of anilines is 1. The summed E-state index contributed by atoms with van der Waals surface area (Å²) >= 11 is 0. The molecule has 1 atom stereocenters. The number of aryl methyl sites for hydroxylation is 1. The first-order valence-electron chi connectivity index (χ1n) is 6.57. The van der Waals surface area contributed by atoms with Crippen LogP contribution in [0.3, 0.4) is 0 Å². The van der Waals surface area contributed by atoms with E-state index in [0.29, 0.717) is 5.69 Å². The van der Waals surface area contributed by atoms with Crippen LogP contribution in [0.25, 0.3) is 0 Å². The highest BCUT2D eigenvalue weighted by molar-refractivity contribution is 7.89. The molecular formula is C15H19N3O2S. The molecule has 1 aromatic heterocycles. The second-order valence-electron chi connectivity index (χ2n) is 5.06. The van der Waals surface area contributed by atoms with Crippen molar-refractivity contribution in [2.24, 2.45) is 0 Å². The summed E-state index contributed by atoms with van der Waals surface area (Å²) in [6.07, 6.45) is 3.30. The predicted octanol–water partition coefficient (Wildman–Crippen LogP) is 2.35. The number of benzene rings is 1. The number of hydrogen-bond donors (Lipinski definition) is 1. The molecule has 112 valence electrons. The van der Waals surface area contributed by atoms with Crippen LogP contribution in [-0.2, 0) is 10.0 Å². The Hall–Kier alpha value is -1.92. The van der Waals surface area contributed by atoms with Gasteiger partial charge in [0.2, 0.25) is 10.0 Å². The van der Waals surface area contributed by atoms with Gasteiger partial charge in [-0.25, -0.2) is 8.42 Å². The minimum Gasteiger partial charge on any atom is -0.399 e. The van der Waals surface area contributed by atoms with Gasteiger partial charge in [-0.15, -0.1) is 0 Å². The Labute approximate surface area is 125 Å². The SMILES string of the molecule is Cc1cc(N)cc(S(=O)(=O)N(C)C(C)c2ccncc2)c1. The van der Waals surface area contributed by atoms with E-state index in [-0.39, 0.29) is 10.9 Å². The average molecular weight is 305 g/mol. The Bertz CT molecular complexity index is 710. The molecule has 0 aliphatic rings. The maximum absolute atomic E-state index is 12.7. The molecule has 0 amide bonds. The molecule has 0 spiro atoms. The lowest BCUT2D eigenvalue weighted by Gasteiger charge is -2.25. The predicted molar refractivity (Wildman–Crippen MR) is 83.2 cm³/mol. The lowest BCUT2D eigenvalue weighted by molar-refractivity contribution is 0.398. The Kier molecular flexibility index (Phi) is 4.29. The van der Waals surface area contributed by atoms with E-state index in [4.69, 9.17) is 5.73 Å². The molecule has 2 aromatic rings. The molecule has 0 aliphatic carbocycles. The van der Waals surface area contributed by atoms with Gasteiger partial charge in [0.05, 0.1) is 4.90 Å². The van der Waals surface area contributed by atoms with E-state index in [1.165, 1.54) is 10.4 Å². The highest BCUT2D eigenvalue weighted by Crippen LogP contribution is 2.26. The van der Waals surface area contributed by atoms with Crippen LogP contribution in [0.5, 0.6) is 0 Å². The average Bonchev–Trinajstić information content (AvgIpc) is 2.45. The van der Waals surface area contributed by atoms with Gasteiger partial charge in [0.1, 0.15) is 0 Å². The largest absolute Gasteiger partial charge is 0.399 e. The monoisotopic (exact) mass is 305 g/mol. The van der Waals surface area contributed by atoms with E-state index < -0.39 is 10.0 Å². The first kappa shape index (κ1) is 15.5. The number of nitrogens with zero attached hydrogens (tertiary/aromatic N) is 2. The number of rotatable bonds is 4. The van der Waals surface area contributed by atoms with E-state index in [9.17, 15) is 8.42 Å². The van der Waals surface area contributed by atoms with Crippen LogP contribution in [0.2, 0.25) is 0 Å². The molecule has 2 rings (SSSR count). The zero-order valence-corrected chi connectivity index (χ0v) is 13.1. The number of pyridine rings is 1.